The van der Waals surface area contributed by atoms with Crippen molar-refractivity contribution in [2.75, 3.05) is 19.8 Å². The van der Waals surface area contributed by atoms with Crippen LogP contribution in [-0.4, -0.2) is 55.6 Å². The summed E-state index contributed by atoms with van der Waals surface area (Å²) in [5.74, 6) is 1.26. The minimum absolute atomic E-state index is 0.0738. The van der Waals surface area contributed by atoms with Gasteiger partial charge in [0.05, 0.1) is 39.6 Å². The molecule has 266 valence electrons. The van der Waals surface area contributed by atoms with E-state index in [-0.39, 0.29) is 13.2 Å². The van der Waals surface area contributed by atoms with E-state index in [1.54, 1.807) is 0 Å². The molecule has 0 unspecified atom stereocenters. The van der Waals surface area contributed by atoms with Crippen molar-refractivity contribution in [1.29, 1.82) is 0 Å². The van der Waals surface area contributed by atoms with Crippen molar-refractivity contribution in [2.45, 2.75) is 63.6 Å². The molecule has 1 fully saturated rings. The summed E-state index contributed by atoms with van der Waals surface area (Å²) < 4.78 is 45.6. The van der Waals surface area contributed by atoms with Crippen molar-refractivity contribution in [3.63, 3.8) is 0 Å². The smallest absolute Gasteiger partial charge is 0.229 e. The Kier molecular flexibility index (Phi) is 14.0. The fraction of sp³-hybridized carbons (Fsp3) is 0.302. The lowest BCUT2D eigenvalue weighted by atomic mass is 9.97. The third-order valence-electron chi connectivity index (χ3n) is 8.49. The van der Waals surface area contributed by atoms with Crippen LogP contribution in [0.3, 0.4) is 0 Å². The number of aliphatic hydroxyl groups is 1. The normalized spacial score (nSPS) is 20.1. The number of ether oxygens (including phenoxy) is 7. The molecule has 1 N–H and O–H groups in total. The van der Waals surface area contributed by atoms with Crippen LogP contribution in [0, 0.1) is 0 Å². The molecule has 1 heterocycles. The van der Waals surface area contributed by atoms with E-state index in [4.69, 9.17) is 38.3 Å². The summed E-state index contributed by atoms with van der Waals surface area (Å²) >= 11 is 0. The van der Waals surface area contributed by atoms with E-state index in [9.17, 15) is 0 Å². The maximum atomic E-state index is 9.13. The summed E-state index contributed by atoms with van der Waals surface area (Å²) in [7, 11) is 0. The van der Waals surface area contributed by atoms with E-state index >= 15 is 0 Å². The van der Waals surface area contributed by atoms with Gasteiger partial charge in [-0.15, -0.1) is 0 Å². The molecular weight excluding hydrogens is 644 g/mol. The summed E-state index contributed by atoms with van der Waals surface area (Å²) in [6.45, 7) is 2.16. The van der Waals surface area contributed by atoms with Gasteiger partial charge in [0.15, 0.2) is 0 Å². The van der Waals surface area contributed by atoms with Gasteiger partial charge >= 0.3 is 0 Å². The topological polar surface area (TPSA) is 84.8 Å². The van der Waals surface area contributed by atoms with Gasteiger partial charge in [0.2, 0.25) is 6.29 Å². The van der Waals surface area contributed by atoms with Crippen LogP contribution in [-0.2, 0) is 50.1 Å². The van der Waals surface area contributed by atoms with E-state index in [0.29, 0.717) is 51.0 Å². The van der Waals surface area contributed by atoms with Crippen LogP contribution in [0.2, 0.25) is 0 Å². The van der Waals surface area contributed by atoms with Gasteiger partial charge in [-0.1, -0.05) is 121 Å². The maximum absolute atomic E-state index is 9.13. The summed E-state index contributed by atoms with van der Waals surface area (Å²) in [4.78, 5) is 0. The minimum atomic E-state index is -0.863. The second-order valence-corrected chi connectivity index (χ2v) is 12.3. The Balaban J connectivity index is 1.30. The molecule has 0 bridgehead atoms. The lowest BCUT2D eigenvalue weighted by Crippen LogP contribution is -2.62. The zero-order chi connectivity index (χ0) is 34.9. The molecule has 0 radical (unpaired) electrons. The molecule has 5 aromatic carbocycles. The molecule has 1 saturated heterocycles. The van der Waals surface area contributed by atoms with Gasteiger partial charge in [0.25, 0.3) is 0 Å². The Bertz CT molecular complexity index is 1660. The molecule has 1 aliphatic heterocycles. The molecule has 6 rings (SSSR count). The third kappa shape index (κ3) is 11.2. The van der Waals surface area contributed by atoms with Crippen LogP contribution in [0.1, 0.15) is 28.7 Å². The molecular formula is C43H46O8. The lowest BCUT2D eigenvalue weighted by molar-refractivity contribution is -0.310. The standard InChI is InChI=1S/C43H46O8/c44-26-13-27-46-37-22-24-38(25-23-37)50-43-42(49-31-36-20-11-4-12-21-36)41(48-30-35-18-9-3-10-19-35)40(47-29-34-16-7-2-8-17-34)39(51-43)32-45-28-33-14-5-1-6-15-33/h1-12,14-25,39-44H,13,26-32H2/t39-,40-,41+,42-,43+/m1/s1. The Labute approximate surface area is 300 Å². The SMILES string of the molecule is OCCCOc1ccc(O[C@H]2O[C@H](COCc3ccccc3)[C@@H](OCc3ccccc3)[C@H](OCc3ccccc3)[C@H]2OCc2ccccc2)cc1. The summed E-state index contributed by atoms with van der Waals surface area (Å²) in [6.07, 6.45) is -2.70. The molecule has 0 aliphatic carbocycles. The van der Waals surface area contributed by atoms with Gasteiger partial charge in [0.1, 0.15) is 35.9 Å². The first kappa shape index (κ1) is 36.3. The molecule has 0 saturated carbocycles. The van der Waals surface area contributed by atoms with Crippen molar-refractivity contribution in [1.82, 2.24) is 0 Å². The Morgan fingerprint density at radius 1 is 0.490 bits per heavy atom. The maximum Gasteiger partial charge on any atom is 0.229 e. The first-order valence-electron chi connectivity index (χ1n) is 17.5. The monoisotopic (exact) mass is 690 g/mol. The van der Waals surface area contributed by atoms with Gasteiger partial charge in [-0.3, -0.25) is 0 Å². The molecule has 0 aromatic heterocycles. The van der Waals surface area contributed by atoms with Gasteiger partial charge in [-0.05, 0) is 46.5 Å². The Morgan fingerprint density at radius 3 is 1.45 bits per heavy atom. The molecule has 5 aromatic rings. The molecule has 0 amide bonds. The van der Waals surface area contributed by atoms with E-state index < -0.39 is 30.7 Å². The van der Waals surface area contributed by atoms with Crippen LogP contribution in [0.4, 0.5) is 0 Å². The van der Waals surface area contributed by atoms with Crippen LogP contribution in [0.25, 0.3) is 0 Å². The lowest BCUT2D eigenvalue weighted by Gasteiger charge is -2.45. The molecule has 0 spiro atoms. The number of benzene rings is 5. The molecule has 8 nitrogen and oxygen atoms in total. The summed E-state index contributed by atoms with van der Waals surface area (Å²) in [6, 6.07) is 47.5. The fourth-order valence-electron chi connectivity index (χ4n) is 5.85. The first-order chi connectivity index (χ1) is 25.2. The number of hydrogen-bond donors (Lipinski definition) is 1. The van der Waals surface area contributed by atoms with Crippen LogP contribution in [0.5, 0.6) is 11.5 Å². The van der Waals surface area contributed by atoms with E-state index in [1.807, 2.05) is 146 Å². The zero-order valence-electron chi connectivity index (χ0n) is 28.7. The Hall–Kier alpha value is -4.54. The van der Waals surface area contributed by atoms with Crippen LogP contribution in [0.15, 0.2) is 146 Å². The quantitative estimate of drug-likeness (QED) is 0.0892. The molecule has 1 aliphatic rings. The first-order valence-corrected chi connectivity index (χ1v) is 17.5. The predicted molar refractivity (Wildman–Crippen MR) is 194 cm³/mol. The van der Waals surface area contributed by atoms with Crippen molar-refractivity contribution in [3.8, 4) is 11.5 Å². The summed E-state index contributed by atoms with van der Waals surface area (Å²) in [5.41, 5.74) is 4.13. The second kappa shape index (κ2) is 19.7. The van der Waals surface area contributed by atoms with E-state index in [1.165, 1.54) is 0 Å². The summed E-state index contributed by atoms with van der Waals surface area (Å²) in [5, 5.41) is 9.13. The molecule has 8 heteroatoms. The van der Waals surface area contributed by atoms with E-state index in [2.05, 4.69) is 0 Å². The van der Waals surface area contributed by atoms with Crippen molar-refractivity contribution in [2.24, 2.45) is 0 Å². The fourth-order valence-corrected chi connectivity index (χ4v) is 5.85. The predicted octanol–water partition coefficient (Wildman–Crippen LogP) is 7.52. The highest BCUT2D eigenvalue weighted by Crippen LogP contribution is 2.33. The van der Waals surface area contributed by atoms with Crippen molar-refractivity contribution < 1.29 is 38.3 Å². The highest BCUT2D eigenvalue weighted by molar-refractivity contribution is 5.31. The highest BCUT2D eigenvalue weighted by atomic mass is 16.7. The molecule has 5 atom stereocenters. The Morgan fingerprint density at radius 2 is 0.941 bits per heavy atom. The second-order valence-electron chi connectivity index (χ2n) is 12.3. The average molecular weight is 691 g/mol. The number of hydrogen-bond acceptors (Lipinski definition) is 8. The van der Waals surface area contributed by atoms with Gasteiger partial charge in [-0.25, -0.2) is 0 Å². The van der Waals surface area contributed by atoms with Gasteiger partial charge < -0.3 is 38.3 Å². The third-order valence-corrected chi connectivity index (χ3v) is 8.49. The number of rotatable bonds is 19. The molecule has 51 heavy (non-hydrogen) atoms. The van der Waals surface area contributed by atoms with Crippen molar-refractivity contribution in [3.05, 3.63) is 168 Å². The van der Waals surface area contributed by atoms with Crippen LogP contribution < -0.4 is 9.47 Å². The van der Waals surface area contributed by atoms with Crippen molar-refractivity contribution >= 4 is 0 Å². The highest BCUT2D eigenvalue weighted by Gasteiger charge is 2.49. The zero-order valence-corrected chi connectivity index (χ0v) is 28.7. The van der Waals surface area contributed by atoms with Gasteiger partial charge in [-0.2, -0.15) is 0 Å². The average Bonchev–Trinajstić information content (AvgIpc) is 3.18. The largest absolute Gasteiger partial charge is 0.494 e. The number of aliphatic hydroxyl groups excluding tert-OH is 1. The minimum Gasteiger partial charge on any atom is -0.494 e. The van der Waals surface area contributed by atoms with Crippen LogP contribution >= 0.6 is 0 Å². The van der Waals surface area contributed by atoms with Gasteiger partial charge in [0, 0.05) is 13.0 Å². The van der Waals surface area contributed by atoms with E-state index in [0.717, 1.165) is 22.3 Å².